The third-order valence-corrected chi connectivity index (χ3v) is 4.39. The lowest BCUT2D eigenvalue weighted by Gasteiger charge is -2.21. The van der Waals surface area contributed by atoms with Crippen molar-refractivity contribution in [1.82, 2.24) is 15.5 Å². The maximum Gasteiger partial charge on any atom is 0.322 e. The zero-order chi connectivity index (χ0) is 15.2. The SMILES string of the molecule is O=C1NC(=O)C2(CCN(C(=O)c3ccc(F)cc3Br)C2)N1. The van der Waals surface area contributed by atoms with E-state index in [4.69, 9.17) is 0 Å². The fourth-order valence-corrected chi connectivity index (χ4v) is 3.15. The molecular weight excluding hydrogens is 345 g/mol. The third kappa shape index (κ3) is 2.29. The number of likely N-dealkylation sites (tertiary alicyclic amines) is 1. The monoisotopic (exact) mass is 355 g/mol. The Bertz CT molecular complexity index is 666. The summed E-state index contributed by atoms with van der Waals surface area (Å²) < 4.78 is 13.4. The third-order valence-electron chi connectivity index (χ3n) is 3.73. The molecule has 0 saturated carbocycles. The summed E-state index contributed by atoms with van der Waals surface area (Å²) in [5.41, 5.74) is -0.725. The van der Waals surface area contributed by atoms with Crippen molar-refractivity contribution < 1.29 is 18.8 Å². The number of urea groups is 1. The van der Waals surface area contributed by atoms with Gasteiger partial charge in [0.25, 0.3) is 11.8 Å². The zero-order valence-corrected chi connectivity index (χ0v) is 12.4. The van der Waals surface area contributed by atoms with E-state index in [2.05, 4.69) is 26.6 Å². The highest BCUT2D eigenvalue weighted by molar-refractivity contribution is 9.10. The zero-order valence-electron chi connectivity index (χ0n) is 10.8. The van der Waals surface area contributed by atoms with Crippen LogP contribution in [-0.2, 0) is 4.79 Å². The molecule has 110 valence electrons. The van der Waals surface area contributed by atoms with E-state index < -0.39 is 23.3 Å². The molecule has 1 aromatic carbocycles. The molecule has 2 N–H and O–H groups in total. The quantitative estimate of drug-likeness (QED) is 0.738. The summed E-state index contributed by atoms with van der Waals surface area (Å²) in [4.78, 5) is 37.0. The van der Waals surface area contributed by atoms with Crippen LogP contribution in [0.15, 0.2) is 22.7 Å². The van der Waals surface area contributed by atoms with Crippen molar-refractivity contribution >= 4 is 33.8 Å². The number of rotatable bonds is 1. The molecule has 2 aliphatic rings. The van der Waals surface area contributed by atoms with Crippen molar-refractivity contribution in [1.29, 1.82) is 0 Å². The minimum atomic E-state index is -1.04. The van der Waals surface area contributed by atoms with Crippen molar-refractivity contribution in [2.24, 2.45) is 0 Å². The molecule has 6 nitrogen and oxygen atoms in total. The summed E-state index contributed by atoms with van der Waals surface area (Å²) in [6.45, 7) is 0.448. The van der Waals surface area contributed by atoms with Gasteiger partial charge in [0.15, 0.2) is 0 Å². The van der Waals surface area contributed by atoms with Crippen molar-refractivity contribution in [2.75, 3.05) is 13.1 Å². The van der Waals surface area contributed by atoms with Crippen LogP contribution in [-0.4, -0.2) is 41.4 Å². The number of halogens is 2. The predicted octanol–water partition coefficient (Wildman–Crippen LogP) is 1.01. The Balaban J connectivity index is 1.82. The summed E-state index contributed by atoms with van der Waals surface area (Å²) in [5.74, 6) is -1.17. The van der Waals surface area contributed by atoms with Gasteiger partial charge >= 0.3 is 6.03 Å². The van der Waals surface area contributed by atoms with Crippen LogP contribution >= 0.6 is 15.9 Å². The van der Waals surface area contributed by atoms with Crippen LogP contribution in [0.5, 0.6) is 0 Å². The molecule has 21 heavy (non-hydrogen) atoms. The summed E-state index contributed by atoms with van der Waals surface area (Å²) in [7, 11) is 0. The van der Waals surface area contributed by atoms with Gasteiger partial charge in [-0.15, -0.1) is 0 Å². The Morgan fingerprint density at radius 1 is 1.38 bits per heavy atom. The van der Waals surface area contributed by atoms with Crippen LogP contribution < -0.4 is 10.6 Å². The standard InChI is InChI=1S/C13H11BrFN3O3/c14-9-5-7(15)1-2-8(9)10(19)18-4-3-13(6-18)11(20)16-12(21)17-13/h1-2,5H,3-4,6H2,(H2,16,17,20,21). The Labute approximate surface area is 127 Å². The number of imide groups is 1. The van der Waals surface area contributed by atoms with Crippen LogP contribution in [0, 0.1) is 5.82 Å². The van der Waals surface area contributed by atoms with Crippen LogP contribution in [0.4, 0.5) is 9.18 Å². The fraction of sp³-hybridized carbons (Fsp3) is 0.308. The molecule has 0 aromatic heterocycles. The van der Waals surface area contributed by atoms with E-state index in [9.17, 15) is 18.8 Å². The lowest BCUT2D eigenvalue weighted by Crippen LogP contribution is -2.49. The first-order valence-corrected chi connectivity index (χ1v) is 7.08. The number of hydrogen-bond donors (Lipinski definition) is 2. The molecule has 4 amide bonds. The maximum absolute atomic E-state index is 13.1. The summed E-state index contributed by atoms with van der Waals surface area (Å²) in [6.07, 6.45) is 0.356. The van der Waals surface area contributed by atoms with Gasteiger partial charge in [-0.25, -0.2) is 9.18 Å². The maximum atomic E-state index is 13.1. The van der Waals surface area contributed by atoms with Gasteiger partial charge in [0.2, 0.25) is 0 Å². The average molecular weight is 356 g/mol. The first-order chi connectivity index (χ1) is 9.91. The molecule has 1 aromatic rings. The smallest absolute Gasteiger partial charge is 0.322 e. The van der Waals surface area contributed by atoms with Gasteiger partial charge in [-0.05, 0) is 40.5 Å². The van der Waals surface area contributed by atoms with Gasteiger partial charge in [0.05, 0.1) is 12.1 Å². The molecular formula is C13H11BrFN3O3. The summed E-state index contributed by atoms with van der Waals surface area (Å²) in [6, 6.07) is 3.26. The van der Waals surface area contributed by atoms with Crippen molar-refractivity contribution in [3.63, 3.8) is 0 Å². The van der Waals surface area contributed by atoms with Gasteiger partial charge in [-0.3, -0.25) is 14.9 Å². The highest BCUT2D eigenvalue weighted by Gasteiger charge is 2.51. The van der Waals surface area contributed by atoms with Gasteiger partial charge in [0, 0.05) is 11.0 Å². The topological polar surface area (TPSA) is 78.5 Å². The highest BCUT2D eigenvalue weighted by atomic mass is 79.9. The minimum Gasteiger partial charge on any atom is -0.336 e. The normalized spacial score (nSPS) is 24.4. The van der Waals surface area contributed by atoms with Gasteiger partial charge in [-0.2, -0.15) is 0 Å². The van der Waals surface area contributed by atoms with E-state index in [1.54, 1.807) is 0 Å². The lowest BCUT2D eigenvalue weighted by molar-refractivity contribution is -0.123. The Hall–Kier alpha value is -1.96. The molecule has 1 atom stereocenters. The Morgan fingerprint density at radius 3 is 2.76 bits per heavy atom. The lowest BCUT2D eigenvalue weighted by atomic mass is 9.99. The van der Waals surface area contributed by atoms with Gasteiger partial charge in [0.1, 0.15) is 11.4 Å². The number of hydrogen-bond acceptors (Lipinski definition) is 3. The average Bonchev–Trinajstić information content (AvgIpc) is 2.94. The van der Waals surface area contributed by atoms with Crippen LogP contribution in [0.2, 0.25) is 0 Å². The van der Waals surface area contributed by atoms with Crippen LogP contribution in [0.25, 0.3) is 0 Å². The summed E-state index contributed by atoms with van der Waals surface area (Å²) in [5, 5.41) is 4.76. The minimum absolute atomic E-state index is 0.104. The molecule has 2 heterocycles. The first kappa shape index (κ1) is 14.0. The first-order valence-electron chi connectivity index (χ1n) is 6.29. The molecule has 1 unspecified atom stereocenters. The second-order valence-electron chi connectivity index (χ2n) is 5.09. The molecule has 2 aliphatic heterocycles. The molecule has 0 aliphatic carbocycles. The van der Waals surface area contributed by atoms with Gasteiger partial charge in [-0.1, -0.05) is 0 Å². The number of carbonyl (C=O) groups excluding carboxylic acids is 3. The molecule has 0 radical (unpaired) electrons. The molecule has 1 spiro atoms. The number of nitrogens with one attached hydrogen (secondary N) is 2. The second-order valence-corrected chi connectivity index (χ2v) is 5.95. The van der Waals surface area contributed by atoms with E-state index in [0.717, 1.165) is 0 Å². The number of nitrogens with zero attached hydrogens (tertiary/aromatic N) is 1. The van der Waals surface area contributed by atoms with Crippen molar-refractivity contribution in [3.8, 4) is 0 Å². The van der Waals surface area contributed by atoms with E-state index in [1.807, 2.05) is 0 Å². The number of carbonyl (C=O) groups is 3. The van der Waals surface area contributed by atoms with Gasteiger partial charge < -0.3 is 10.2 Å². The van der Waals surface area contributed by atoms with E-state index >= 15 is 0 Å². The van der Waals surface area contributed by atoms with Crippen molar-refractivity contribution in [2.45, 2.75) is 12.0 Å². The number of benzene rings is 1. The molecule has 2 fully saturated rings. The molecule has 3 rings (SSSR count). The highest BCUT2D eigenvalue weighted by Crippen LogP contribution is 2.27. The van der Waals surface area contributed by atoms with Crippen molar-refractivity contribution in [3.05, 3.63) is 34.1 Å². The molecule has 0 bridgehead atoms. The summed E-state index contributed by atoms with van der Waals surface area (Å²) >= 11 is 3.15. The second kappa shape index (κ2) is 4.80. The number of amides is 4. The fourth-order valence-electron chi connectivity index (χ4n) is 2.63. The molecule has 2 saturated heterocycles. The largest absolute Gasteiger partial charge is 0.336 e. The van der Waals surface area contributed by atoms with E-state index in [0.29, 0.717) is 23.0 Å². The van der Waals surface area contributed by atoms with E-state index in [1.165, 1.54) is 23.1 Å². The Morgan fingerprint density at radius 2 is 2.14 bits per heavy atom. The van der Waals surface area contributed by atoms with Crippen LogP contribution in [0.1, 0.15) is 16.8 Å². The van der Waals surface area contributed by atoms with E-state index in [-0.39, 0.29) is 12.5 Å². The molecule has 8 heteroatoms. The Kier molecular flexibility index (Phi) is 3.20. The predicted molar refractivity (Wildman–Crippen MR) is 74.0 cm³/mol. The van der Waals surface area contributed by atoms with Crippen LogP contribution in [0.3, 0.4) is 0 Å².